The molecule has 2 fully saturated rings. The van der Waals surface area contributed by atoms with Gasteiger partial charge in [-0.05, 0) is 43.6 Å². The van der Waals surface area contributed by atoms with Crippen LogP contribution in [-0.2, 0) is 6.42 Å². The molecule has 1 aromatic carbocycles. The molecule has 2 saturated heterocycles. The summed E-state index contributed by atoms with van der Waals surface area (Å²) in [7, 11) is 0. The van der Waals surface area contributed by atoms with Crippen LogP contribution in [0.1, 0.15) is 44.1 Å². The van der Waals surface area contributed by atoms with Crippen molar-refractivity contribution >= 4 is 17.3 Å². The summed E-state index contributed by atoms with van der Waals surface area (Å²) < 4.78 is 0. The number of nitrogens with zero attached hydrogens (tertiary/aromatic N) is 4. The van der Waals surface area contributed by atoms with Gasteiger partial charge in [-0.3, -0.25) is 0 Å². The average Bonchev–Trinajstić information content (AvgIpc) is 2.99. The number of piperidine rings is 1. The first-order valence-corrected chi connectivity index (χ1v) is 10.5. The Bertz CT molecular complexity index is 717. The minimum Gasteiger partial charge on any atom is -0.393 e. The molecule has 4 rings (SSSR count). The molecule has 144 valence electrons. The Morgan fingerprint density at radius 3 is 2.04 bits per heavy atom. The molecular formula is C22H31N5. The lowest BCUT2D eigenvalue weighted by molar-refractivity contribution is 0.402. The van der Waals surface area contributed by atoms with Crippen LogP contribution < -0.4 is 15.5 Å². The molecule has 0 unspecified atom stereocenters. The fourth-order valence-corrected chi connectivity index (χ4v) is 4.46. The predicted octanol–water partition coefficient (Wildman–Crippen LogP) is 3.90. The first kappa shape index (κ1) is 18.1. The molecule has 0 saturated carbocycles. The molecule has 27 heavy (non-hydrogen) atoms. The summed E-state index contributed by atoms with van der Waals surface area (Å²) in [5.41, 5.74) is 8.76. The van der Waals surface area contributed by atoms with Crippen molar-refractivity contribution in [2.75, 3.05) is 41.7 Å². The van der Waals surface area contributed by atoms with E-state index in [2.05, 4.69) is 50.1 Å². The molecule has 0 bridgehead atoms. The van der Waals surface area contributed by atoms with Crippen molar-refractivity contribution in [1.29, 1.82) is 0 Å². The van der Waals surface area contributed by atoms with Gasteiger partial charge in [0.05, 0.1) is 0 Å². The predicted molar refractivity (Wildman–Crippen MR) is 112 cm³/mol. The zero-order valence-electron chi connectivity index (χ0n) is 16.2. The van der Waals surface area contributed by atoms with Gasteiger partial charge in [0.1, 0.15) is 12.0 Å². The van der Waals surface area contributed by atoms with E-state index in [1.54, 1.807) is 6.33 Å². The smallest absolute Gasteiger partial charge is 0.157 e. The van der Waals surface area contributed by atoms with E-state index in [9.17, 15) is 0 Å². The summed E-state index contributed by atoms with van der Waals surface area (Å²) in [6.07, 6.45) is 10.3. The van der Waals surface area contributed by atoms with Crippen molar-refractivity contribution in [2.45, 2.75) is 44.9 Å². The van der Waals surface area contributed by atoms with Gasteiger partial charge in [0.2, 0.25) is 0 Å². The average molecular weight is 366 g/mol. The molecule has 0 atom stereocenters. The molecule has 0 radical (unpaired) electrons. The van der Waals surface area contributed by atoms with Gasteiger partial charge in [0.15, 0.2) is 11.6 Å². The number of nitrogens with two attached hydrogens (primary N) is 1. The van der Waals surface area contributed by atoms with Gasteiger partial charge >= 0.3 is 0 Å². The van der Waals surface area contributed by atoms with Gasteiger partial charge in [-0.15, -0.1) is 0 Å². The van der Waals surface area contributed by atoms with E-state index in [0.29, 0.717) is 0 Å². The summed E-state index contributed by atoms with van der Waals surface area (Å²) in [6, 6.07) is 10.8. The van der Waals surface area contributed by atoms with Gasteiger partial charge < -0.3 is 15.5 Å². The third-order valence-electron chi connectivity index (χ3n) is 6.03. The van der Waals surface area contributed by atoms with Crippen molar-refractivity contribution < 1.29 is 0 Å². The third kappa shape index (κ3) is 4.34. The number of hydrogen-bond acceptors (Lipinski definition) is 5. The number of nitrogen functional groups attached to an aromatic ring is 1. The lowest BCUT2D eigenvalue weighted by Gasteiger charge is -2.34. The van der Waals surface area contributed by atoms with E-state index in [1.165, 1.54) is 50.5 Å². The Hall–Kier alpha value is -2.30. The van der Waals surface area contributed by atoms with E-state index in [0.717, 1.165) is 49.4 Å². The summed E-state index contributed by atoms with van der Waals surface area (Å²) in [4.78, 5) is 13.8. The van der Waals surface area contributed by atoms with Crippen LogP contribution in [0, 0.1) is 5.92 Å². The second-order valence-corrected chi connectivity index (χ2v) is 7.96. The highest BCUT2D eigenvalue weighted by molar-refractivity contribution is 5.75. The van der Waals surface area contributed by atoms with Crippen LogP contribution in [0.25, 0.3) is 0 Å². The van der Waals surface area contributed by atoms with Gasteiger partial charge in [-0.2, -0.15) is 0 Å². The molecule has 2 aliphatic heterocycles. The second-order valence-electron chi connectivity index (χ2n) is 7.96. The molecule has 5 nitrogen and oxygen atoms in total. The maximum Gasteiger partial charge on any atom is 0.157 e. The van der Waals surface area contributed by atoms with E-state index in [1.807, 2.05) is 0 Å². The maximum atomic E-state index is 6.55. The van der Waals surface area contributed by atoms with E-state index in [-0.39, 0.29) is 0 Å². The molecule has 3 heterocycles. The van der Waals surface area contributed by atoms with E-state index < -0.39 is 0 Å². The van der Waals surface area contributed by atoms with Gasteiger partial charge in [0, 0.05) is 26.2 Å². The lowest BCUT2D eigenvalue weighted by Crippen LogP contribution is -2.36. The highest BCUT2D eigenvalue weighted by Crippen LogP contribution is 2.33. The Morgan fingerprint density at radius 2 is 1.41 bits per heavy atom. The number of aromatic nitrogens is 2. The third-order valence-corrected chi connectivity index (χ3v) is 6.03. The van der Waals surface area contributed by atoms with Crippen LogP contribution in [0.3, 0.4) is 0 Å². The monoisotopic (exact) mass is 365 g/mol. The lowest BCUT2D eigenvalue weighted by atomic mass is 9.90. The molecule has 1 aromatic heterocycles. The van der Waals surface area contributed by atoms with Crippen LogP contribution in [0.4, 0.5) is 17.3 Å². The van der Waals surface area contributed by atoms with Crippen LogP contribution in [0.2, 0.25) is 0 Å². The Kier molecular flexibility index (Phi) is 5.75. The van der Waals surface area contributed by atoms with Crippen molar-refractivity contribution in [3.8, 4) is 0 Å². The Labute approximate surface area is 162 Å². The highest BCUT2D eigenvalue weighted by Gasteiger charge is 2.24. The largest absolute Gasteiger partial charge is 0.393 e. The summed E-state index contributed by atoms with van der Waals surface area (Å²) in [6.45, 7) is 4.16. The zero-order valence-corrected chi connectivity index (χ0v) is 16.2. The molecule has 2 aliphatic rings. The van der Waals surface area contributed by atoms with Gasteiger partial charge in [-0.25, -0.2) is 9.97 Å². The van der Waals surface area contributed by atoms with E-state index in [4.69, 9.17) is 5.73 Å². The first-order chi connectivity index (χ1) is 13.3. The number of hydrogen-bond donors (Lipinski definition) is 1. The van der Waals surface area contributed by atoms with Crippen molar-refractivity contribution in [3.63, 3.8) is 0 Å². The number of rotatable bonds is 4. The van der Waals surface area contributed by atoms with Crippen molar-refractivity contribution in [1.82, 2.24) is 9.97 Å². The minimum atomic E-state index is 0.747. The highest BCUT2D eigenvalue weighted by atomic mass is 15.3. The number of anilines is 3. The summed E-state index contributed by atoms with van der Waals surface area (Å²) in [5.74, 6) is 2.62. The quantitative estimate of drug-likeness (QED) is 0.890. The topological polar surface area (TPSA) is 58.3 Å². The Morgan fingerprint density at radius 1 is 0.815 bits per heavy atom. The summed E-state index contributed by atoms with van der Waals surface area (Å²) >= 11 is 0. The summed E-state index contributed by atoms with van der Waals surface area (Å²) in [5, 5.41) is 0. The second kappa shape index (κ2) is 8.59. The molecule has 0 amide bonds. The van der Waals surface area contributed by atoms with Crippen molar-refractivity contribution in [2.24, 2.45) is 5.92 Å². The van der Waals surface area contributed by atoms with Crippen LogP contribution in [0.5, 0.6) is 0 Å². The molecule has 0 aliphatic carbocycles. The van der Waals surface area contributed by atoms with Gasteiger partial charge in [0.25, 0.3) is 0 Å². The Balaban J connectivity index is 1.41. The molecule has 2 aromatic rings. The number of benzene rings is 1. The van der Waals surface area contributed by atoms with Crippen LogP contribution in [0.15, 0.2) is 36.7 Å². The molecule has 2 N–H and O–H groups in total. The first-order valence-electron chi connectivity index (χ1n) is 10.5. The fraction of sp³-hybridized carbons (Fsp3) is 0.545. The van der Waals surface area contributed by atoms with Crippen LogP contribution in [-0.4, -0.2) is 36.1 Å². The minimum absolute atomic E-state index is 0.747. The normalized spacial score (nSPS) is 19.1. The zero-order chi connectivity index (χ0) is 18.5. The molecular weight excluding hydrogens is 334 g/mol. The SMILES string of the molecule is Nc1c(N2CCCCCC2)ncnc1N1CCC(Cc2ccccc2)CC1. The molecule has 0 spiro atoms. The fourth-order valence-electron chi connectivity index (χ4n) is 4.46. The van der Waals surface area contributed by atoms with Crippen molar-refractivity contribution in [3.05, 3.63) is 42.2 Å². The molecule has 5 heteroatoms. The van der Waals surface area contributed by atoms with Gasteiger partial charge in [-0.1, -0.05) is 43.2 Å². The van der Waals surface area contributed by atoms with Crippen LogP contribution >= 0.6 is 0 Å². The standard InChI is InChI=1S/C22H31N5/c23-20-21(26-12-6-1-2-7-13-26)24-17-25-22(20)27-14-10-19(11-15-27)16-18-8-4-3-5-9-18/h3-5,8-9,17,19H,1-2,6-7,10-16,23H2. The van der Waals surface area contributed by atoms with E-state index >= 15 is 0 Å². The maximum absolute atomic E-state index is 6.55.